The molecule has 0 spiro atoms. The fourth-order valence-corrected chi connectivity index (χ4v) is 4.23. The van der Waals surface area contributed by atoms with Crippen LogP contribution in [0, 0.1) is 0 Å². The Bertz CT molecular complexity index is 484. The second-order valence-corrected chi connectivity index (χ2v) is 6.81. The van der Waals surface area contributed by atoms with Crippen LogP contribution in [-0.4, -0.2) is 49.3 Å². The lowest BCUT2D eigenvalue weighted by atomic mass is 10.5. The van der Waals surface area contributed by atoms with E-state index in [2.05, 4.69) is 10.3 Å². The Morgan fingerprint density at radius 1 is 1.41 bits per heavy atom. The highest BCUT2D eigenvalue weighted by Crippen LogP contribution is 2.21. The number of hydrogen-bond acceptors (Lipinski definition) is 5. The first-order valence-electron chi connectivity index (χ1n) is 5.36. The second kappa shape index (κ2) is 5.24. The standard InChI is InChI=1S/C10H15N3O2S2/c1-11-10-8-9(2-3-12-10)17(14,15)13-4-6-16-7-5-13/h2-3,8H,4-7H2,1H3,(H,11,12). The maximum Gasteiger partial charge on any atom is 0.243 e. The minimum absolute atomic E-state index is 0.309. The van der Waals surface area contributed by atoms with E-state index < -0.39 is 10.0 Å². The van der Waals surface area contributed by atoms with E-state index in [9.17, 15) is 8.42 Å². The lowest BCUT2D eigenvalue weighted by Crippen LogP contribution is -2.37. The highest BCUT2D eigenvalue weighted by molar-refractivity contribution is 7.99. The lowest BCUT2D eigenvalue weighted by molar-refractivity contribution is 0.443. The molecule has 0 radical (unpaired) electrons. The molecule has 94 valence electrons. The maximum absolute atomic E-state index is 12.3. The van der Waals surface area contributed by atoms with Gasteiger partial charge in [-0.2, -0.15) is 16.1 Å². The molecule has 0 aliphatic carbocycles. The number of nitrogens with one attached hydrogen (secondary N) is 1. The van der Waals surface area contributed by atoms with Crippen LogP contribution < -0.4 is 5.32 Å². The summed E-state index contributed by atoms with van der Waals surface area (Å²) >= 11 is 1.79. The summed E-state index contributed by atoms with van der Waals surface area (Å²) in [6.07, 6.45) is 1.51. The molecule has 7 heteroatoms. The average Bonchev–Trinajstić information content (AvgIpc) is 2.40. The molecule has 5 nitrogen and oxygen atoms in total. The van der Waals surface area contributed by atoms with Gasteiger partial charge in [0.2, 0.25) is 10.0 Å². The third-order valence-electron chi connectivity index (χ3n) is 2.60. The highest BCUT2D eigenvalue weighted by atomic mass is 32.2. The van der Waals surface area contributed by atoms with Crippen LogP contribution in [0.5, 0.6) is 0 Å². The lowest BCUT2D eigenvalue weighted by Gasteiger charge is -2.25. The van der Waals surface area contributed by atoms with Gasteiger partial charge in [0.25, 0.3) is 0 Å². The van der Waals surface area contributed by atoms with E-state index in [1.807, 2.05) is 0 Å². The average molecular weight is 273 g/mol. The smallest absolute Gasteiger partial charge is 0.243 e. The van der Waals surface area contributed by atoms with E-state index in [1.54, 1.807) is 24.9 Å². The normalized spacial score (nSPS) is 17.9. The third kappa shape index (κ3) is 2.72. The fraction of sp³-hybridized carbons (Fsp3) is 0.500. The topological polar surface area (TPSA) is 62.3 Å². The summed E-state index contributed by atoms with van der Waals surface area (Å²) in [5.41, 5.74) is 0. The van der Waals surface area contributed by atoms with Crippen LogP contribution in [0.25, 0.3) is 0 Å². The Morgan fingerprint density at radius 2 is 2.12 bits per heavy atom. The SMILES string of the molecule is CNc1cc(S(=O)(=O)N2CCSCC2)ccn1. The molecule has 1 aromatic rings. The Hall–Kier alpha value is -0.790. The fourth-order valence-electron chi connectivity index (χ4n) is 1.64. The number of hydrogen-bond donors (Lipinski definition) is 1. The van der Waals surface area contributed by atoms with Crippen molar-refractivity contribution in [3.63, 3.8) is 0 Å². The second-order valence-electron chi connectivity index (χ2n) is 3.64. The molecule has 1 aliphatic rings. The van der Waals surface area contributed by atoms with Crippen molar-refractivity contribution in [1.29, 1.82) is 0 Å². The van der Waals surface area contributed by atoms with Gasteiger partial charge in [-0.1, -0.05) is 0 Å². The van der Waals surface area contributed by atoms with E-state index in [1.165, 1.54) is 16.6 Å². The zero-order valence-corrected chi connectivity index (χ0v) is 11.2. The van der Waals surface area contributed by atoms with Gasteiger partial charge >= 0.3 is 0 Å². The predicted molar refractivity (Wildman–Crippen MR) is 69.9 cm³/mol. The predicted octanol–water partition coefficient (Wildman–Crippen LogP) is 0.861. The van der Waals surface area contributed by atoms with Crippen molar-refractivity contribution in [1.82, 2.24) is 9.29 Å². The number of nitrogens with zero attached hydrogens (tertiary/aromatic N) is 2. The zero-order valence-electron chi connectivity index (χ0n) is 9.59. The number of aromatic nitrogens is 1. The molecule has 1 fully saturated rings. The van der Waals surface area contributed by atoms with Gasteiger partial charge in [-0.15, -0.1) is 0 Å². The van der Waals surface area contributed by atoms with Crippen molar-refractivity contribution >= 4 is 27.6 Å². The third-order valence-corrected chi connectivity index (χ3v) is 5.43. The van der Waals surface area contributed by atoms with Crippen LogP contribution in [0.15, 0.2) is 23.2 Å². The molecule has 0 unspecified atom stereocenters. The van der Waals surface area contributed by atoms with E-state index in [0.717, 1.165) is 11.5 Å². The first-order chi connectivity index (χ1) is 8.14. The zero-order chi connectivity index (χ0) is 12.3. The van der Waals surface area contributed by atoms with Gasteiger partial charge in [-0.25, -0.2) is 13.4 Å². The Kier molecular flexibility index (Phi) is 3.90. The van der Waals surface area contributed by atoms with Crippen molar-refractivity contribution in [2.75, 3.05) is 37.0 Å². The molecule has 1 saturated heterocycles. The molecule has 0 bridgehead atoms. The van der Waals surface area contributed by atoms with E-state index >= 15 is 0 Å². The van der Waals surface area contributed by atoms with E-state index in [-0.39, 0.29) is 0 Å². The van der Waals surface area contributed by atoms with Crippen LogP contribution in [0.2, 0.25) is 0 Å². The van der Waals surface area contributed by atoms with Crippen LogP contribution in [-0.2, 0) is 10.0 Å². The van der Waals surface area contributed by atoms with Crippen LogP contribution in [0.1, 0.15) is 0 Å². The van der Waals surface area contributed by atoms with Crippen molar-refractivity contribution in [2.24, 2.45) is 0 Å². The molecule has 2 rings (SSSR count). The Balaban J connectivity index is 2.29. The van der Waals surface area contributed by atoms with Crippen LogP contribution >= 0.6 is 11.8 Å². The molecule has 0 saturated carbocycles. The summed E-state index contributed by atoms with van der Waals surface area (Å²) in [5.74, 6) is 2.30. The Labute approximate surface area is 106 Å². The molecule has 2 heterocycles. The van der Waals surface area contributed by atoms with Gasteiger partial charge in [0.15, 0.2) is 0 Å². The summed E-state index contributed by atoms with van der Waals surface area (Å²) in [6.45, 7) is 1.18. The molecule has 0 amide bonds. The first kappa shape index (κ1) is 12.7. The quantitative estimate of drug-likeness (QED) is 0.885. The summed E-state index contributed by atoms with van der Waals surface area (Å²) in [4.78, 5) is 4.33. The van der Waals surface area contributed by atoms with Crippen molar-refractivity contribution in [2.45, 2.75) is 4.90 Å². The van der Waals surface area contributed by atoms with Gasteiger partial charge < -0.3 is 5.32 Å². The summed E-state index contributed by atoms with van der Waals surface area (Å²) < 4.78 is 26.2. The highest BCUT2D eigenvalue weighted by Gasteiger charge is 2.26. The van der Waals surface area contributed by atoms with Gasteiger partial charge in [-0.05, 0) is 6.07 Å². The van der Waals surface area contributed by atoms with Gasteiger partial charge in [0, 0.05) is 43.9 Å². The Morgan fingerprint density at radius 3 is 2.76 bits per heavy atom. The molecule has 17 heavy (non-hydrogen) atoms. The molecule has 0 aromatic carbocycles. The van der Waals surface area contributed by atoms with Gasteiger partial charge in [0.1, 0.15) is 5.82 Å². The molecule has 1 aromatic heterocycles. The summed E-state index contributed by atoms with van der Waals surface area (Å²) in [6, 6.07) is 3.11. The number of sulfonamides is 1. The minimum Gasteiger partial charge on any atom is -0.373 e. The molecule has 1 N–H and O–H groups in total. The molecular formula is C10H15N3O2S2. The van der Waals surface area contributed by atoms with Crippen molar-refractivity contribution in [3.05, 3.63) is 18.3 Å². The van der Waals surface area contributed by atoms with Gasteiger partial charge in [0.05, 0.1) is 4.90 Å². The summed E-state index contributed by atoms with van der Waals surface area (Å²) in [5, 5.41) is 2.84. The number of rotatable bonds is 3. The minimum atomic E-state index is -3.35. The van der Waals surface area contributed by atoms with Crippen molar-refractivity contribution in [3.8, 4) is 0 Å². The number of thioether (sulfide) groups is 1. The molecular weight excluding hydrogens is 258 g/mol. The van der Waals surface area contributed by atoms with E-state index in [0.29, 0.717) is 23.8 Å². The molecule has 1 aliphatic heterocycles. The van der Waals surface area contributed by atoms with Gasteiger partial charge in [-0.3, -0.25) is 0 Å². The summed E-state index contributed by atoms with van der Waals surface area (Å²) in [7, 11) is -1.64. The van der Waals surface area contributed by atoms with Crippen LogP contribution in [0.4, 0.5) is 5.82 Å². The monoisotopic (exact) mass is 273 g/mol. The maximum atomic E-state index is 12.3. The van der Waals surface area contributed by atoms with E-state index in [4.69, 9.17) is 0 Å². The van der Waals surface area contributed by atoms with Crippen LogP contribution in [0.3, 0.4) is 0 Å². The van der Waals surface area contributed by atoms with Crippen molar-refractivity contribution < 1.29 is 8.42 Å². The largest absolute Gasteiger partial charge is 0.373 e. The number of anilines is 1. The number of pyridine rings is 1. The molecule has 0 atom stereocenters. The first-order valence-corrected chi connectivity index (χ1v) is 7.96.